The molecule has 2 N–H and O–H groups in total. The van der Waals surface area contributed by atoms with Gasteiger partial charge in [-0.05, 0) is 35.4 Å². The minimum atomic E-state index is -0.754. The predicted molar refractivity (Wildman–Crippen MR) is 119 cm³/mol. The van der Waals surface area contributed by atoms with E-state index in [4.69, 9.17) is 15.2 Å². The number of carbonyl (C=O) groups excluding carboxylic acids is 2. The molecule has 0 bridgehead atoms. The molecule has 2 aromatic heterocycles. The fraction of sp³-hybridized carbons (Fsp3) is 0.364. The van der Waals surface area contributed by atoms with E-state index in [2.05, 4.69) is 20.4 Å². The summed E-state index contributed by atoms with van der Waals surface area (Å²) in [6.07, 6.45) is 0.189. The molecule has 11 nitrogen and oxygen atoms in total. The van der Waals surface area contributed by atoms with Crippen molar-refractivity contribution in [2.24, 2.45) is 18.7 Å². The van der Waals surface area contributed by atoms with Gasteiger partial charge in [-0.15, -0.1) is 10.2 Å². The zero-order valence-electron chi connectivity index (χ0n) is 18.9. The summed E-state index contributed by atoms with van der Waals surface area (Å²) in [4.78, 5) is 31.1. The van der Waals surface area contributed by atoms with Gasteiger partial charge in [0.25, 0.3) is 0 Å². The van der Waals surface area contributed by atoms with Crippen molar-refractivity contribution >= 4 is 17.7 Å². The second-order valence-corrected chi connectivity index (χ2v) is 8.21. The van der Waals surface area contributed by atoms with E-state index in [-0.39, 0.29) is 19.1 Å². The highest BCUT2D eigenvalue weighted by molar-refractivity contribution is 5.90. The molecule has 12 heteroatoms. The number of rotatable bonds is 7. The molecule has 1 fully saturated rings. The second-order valence-electron chi connectivity index (χ2n) is 8.21. The van der Waals surface area contributed by atoms with Crippen LogP contribution in [0, 0.1) is 11.7 Å². The standard InChI is InChI=1S/C22H24FN7O4/c1-12(2)19(24)21(31)33-11-15-10-30(22(32)34-15)14-5-6-16(17(23)8-14)13-4-7-18(25-9-13)20-26-28-29(3)27-20/h4-9,12,15,19H,10-11,24H2,1-3H3/t15-,19+/m1/s1. The van der Waals surface area contributed by atoms with Crippen LogP contribution in [0.2, 0.25) is 0 Å². The first-order chi connectivity index (χ1) is 16.2. The number of esters is 1. The Morgan fingerprint density at radius 2 is 2.12 bits per heavy atom. The molecule has 0 saturated carbocycles. The molecule has 3 heterocycles. The van der Waals surface area contributed by atoms with E-state index in [1.165, 1.54) is 22.0 Å². The van der Waals surface area contributed by atoms with Crippen molar-refractivity contribution in [3.63, 3.8) is 0 Å². The normalized spacial score (nSPS) is 16.6. The van der Waals surface area contributed by atoms with Gasteiger partial charge in [0.15, 0.2) is 6.10 Å². The van der Waals surface area contributed by atoms with Gasteiger partial charge in [0, 0.05) is 17.3 Å². The zero-order valence-corrected chi connectivity index (χ0v) is 18.9. The number of tetrazole rings is 1. The molecule has 1 aliphatic rings. The van der Waals surface area contributed by atoms with Gasteiger partial charge < -0.3 is 15.2 Å². The number of pyridine rings is 1. The van der Waals surface area contributed by atoms with Crippen molar-refractivity contribution in [3.05, 3.63) is 42.3 Å². The Kier molecular flexibility index (Phi) is 6.50. The van der Waals surface area contributed by atoms with Crippen LogP contribution in [0.1, 0.15) is 13.8 Å². The van der Waals surface area contributed by atoms with Crippen LogP contribution in [0.5, 0.6) is 0 Å². The van der Waals surface area contributed by atoms with Crippen LogP contribution >= 0.6 is 0 Å². The van der Waals surface area contributed by atoms with E-state index in [0.717, 1.165) is 0 Å². The monoisotopic (exact) mass is 469 g/mol. The summed E-state index contributed by atoms with van der Waals surface area (Å²) < 4.78 is 25.3. The average molecular weight is 469 g/mol. The van der Waals surface area contributed by atoms with Gasteiger partial charge >= 0.3 is 12.1 Å². The average Bonchev–Trinajstić information content (AvgIpc) is 3.42. The van der Waals surface area contributed by atoms with Crippen molar-refractivity contribution in [2.75, 3.05) is 18.1 Å². The number of nitrogens with two attached hydrogens (primary N) is 1. The van der Waals surface area contributed by atoms with E-state index in [0.29, 0.717) is 28.3 Å². The van der Waals surface area contributed by atoms with E-state index in [1.807, 2.05) is 0 Å². The lowest BCUT2D eigenvalue weighted by molar-refractivity contribution is -0.148. The van der Waals surface area contributed by atoms with E-state index < -0.39 is 30.0 Å². The quantitative estimate of drug-likeness (QED) is 0.514. The Hall–Kier alpha value is -3.93. The number of nitrogens with zero attached hydrogens (tertiary/aromatic N) is 6. The van der Waals surface area contributed by atoms with Crippen LogP contribution in [0.15, 0.2) is 36.5 Å². The minimum Gasteiger partial charge on any atom is -0.460 e. The summed E-state index contributed by atoms with van der Waals surface area (Å²) in [5.74, 6) is -0.805. The third-order valence-electron chi connectivity index (χ3n) is 5.35. The molecule has 0 aliphatic carbocycles. The fourth-order valence-corrected chi connectivity index (χ4v) is 3.34. The highest BCUT2D eigenvalue weighted by Gasteiger charge is 2.34. The number of aromatic nitrogens is 5. The van der Waals surface area contributed by atoms with Crippen molar-refractivity contribution in [2.45, 2.75) is 26.0 Å². The maximum atomic E-state index is 14.9. The van der Waals surface area contributed by atoms with E-state index in [1.54, 1.807) is 45.2 Å². The van der Waals surface area contributed by atoms with E-state index in [9.17, 15) is 14.0 Å². The predicted octanol–water partition coefficient (Wildman–Crippen LogP) is 1.93. The molecule has 34 heavy (non-hydrogen) atoms. The molecule has 0 unspecified atom stereocenters. The molecule has 3 aromatic rings. The Labute approximate surface area is 194 Å². The summed E-state index contributed by atoms with van der Waals surface area (Å²) in [6.45, 7) is 3.60. The number of aryl methyl sites for hydroxylation is 1. The van der Waals surface area contributed by atoms with Crippen molar-refractivity contribution in [3.8, 4) is 22.6 Å². The number of halogens is 1. The largest absolute Gasteiger partial charge is 0.460 e. The molecule has 4 rings (SSSR count). The molecule has 1 aromatic carbocycles. The number of cyclic esters (lactones) is 1. The summed E-state index contributed by atoms with van der Waals surface area (Å²) in [5.41, 5.74) is 7.46. The van der Waals surface area contributed by atoms with Gasteiger partial charge in [-0.1, -0.05) is 19.9 Å². The first kappa shape index (κ1) is 23.2. The topological polar surface area (TPSA) is 138 Å². The highest BCUT2D eigenvalue weighted by atomic mass is 19.1. The zero-order chi connectivity index (χ0) is 24.4. The molecule has 0 spiro atoms. The molecule has 1 amide bonds. The van der Waals surface area contributed by atoms with Crippen molar-refractivity contribution < 1.29 is 23.5 Å². The van der Waals surface area contributed by atoms with Crippen LogP contribution in [0.4, 0.5) is 14.9 Å². The first-order valence-corrected chi connectivity index (χ1v) is 10.6. The summed E-state index contributed by atoms with van der Waals surface area (Å²) in [5, 5.41) is 11.7. The summed E-state index contributed by atoms with van der Waals surface area (Å²) >= 11 is 0. The Morgan fingerprint density at radius 1 is 1.32 bits per heavy atom. The van der Waals surface area contributed by atoms with Gasteiger partial charge in [-0.25, -0.2) is 9.18 Å². The van der Waals surface area contributed by atoms with Crippen molar-refractivity contribution in [1.29, 1.82) is 0 Å². The summed E-state index contributed by atoms with van der Waals surface area (Å²) in [6, 6.07) is 7.04. The van der Waals surface area contributed by atoms with E-state index >= 15 is 0 Å². The number of hydrogen-bond acceptors (Lipinski definition) is 9. The minimum absolute atomic E-state index is 0.0771. The lowest BCUT2D eigenvalue weighted by atomic mass is 10.1. The number of benzene rings is 1. The maximum absolute atomic E-state index is 14.9. The number of amides is 1. The van der Waals surface area contributed by atoms with Crippen LogP contribution < -0.4 is 10.6 Å². The maximum Gasteiger partial charge on any atom is 0.414 e. The lowest BCUT2D eigenvalue weighted by Crippen LogP contribution is -2.38. The molecule has 1 aliphatic heterocycles. The third kappa shape index (κ3) is 4.86. The fourth-order valence-electron chi connectivity index (χ4n) is 3.34. The SMILES string of the molecule is CC(C)[C@H](N)C(=O)OC[C@H]1CN(c2ccc(-c3ccc(-c4nnn(C)n4)nc3)c(F)c2)C(=O)O1. The number of ether oxygens (including phenoxy) is 2. The second kappa shape index (κ2) is 9.51. The van der Waals surface area contributed by atoms with Crippen LogP contribution in [0.3, 0.4) is 0 Å². The first-order valence-electron chi connectivity index (χ1n) is 10.6. The number of anilines is 1. The van der Waals surface area contributed by atoms with Crippen LogP contribution in [-0.4, -0.2) is 62.6 Å². The van der Waals surface area contributed by atoms with Gasteiger partial charge in [0.1, 0.15) is 24.2 Å². The smallest absolute Gasteiger partial charge is 0.414 e. The van der Waals surface area contributed by atoms with Crippen LogP contribution in [0.25, 0.3) is 22.6 Å². The molecule has 178 valence electrons. The molecule has 2 atom stereocenters. The number of hydrogen-bond donors (Lipinski definition) is 1. The molecule has 0 radical (unpaired) electrons. The summed E-state index contributed by atoms with van der Waals surface area (Å²) in [7, 11) is 1.65. The number of carbonyl (C=O) groups is 2. The molecular formula is C22H24FN7O4. The Bertz CT molecular complexity index is 1200. The molecular weight excluding hydrogens is 445 g/mol. The van der Waals surface area contributed by atoms with Gasteiger partial charge in [0.2, 0.25) is 5.82 Å². The third-order valence-corrected chi connectivity index (χ3v) is 5.35. The van der Waals surface area contributed by atoms with Crippen LogP contribution in [-0.2, 0) is 21.3 Å². The van der Waals surface area contributed by atoms with Gasteiger partial charge in [-0.2, -0.15) is 4.80 Å². The van der Waals surface area contributed by atoms with Crippen molar-refractivity contribution in [1.82, 2.24) is 25.2 Å². The Morgan fingerprint density at radius 3 is 2.74 bits per heavy atom. The van der Waals surface area contributed by atoms with Gasteiger partial charge in [-0.3, -0.25) is 14.7 Å². The Balaban J connectivity index is 1.43. The van der Waals surface area contributed by atoms with Gasteiger partial charge in [0.05, 0.1) is 19.3 Å². The highest BCUT2D eigenvalue weighted by Crippen LogP contribution is 2.29. The molecule has 1 saturated heterocycles. The lowest BCUT2D eigenvalue weighted by Gasteiger charge is -2.16.